The highest BCUT2D eigenvalue weighted by Gasteiger charge is 2.70. The first-order valence-corrected chi connectivity index (χ1v) is 20.9. The second-order valence-corrected chi connectivity index (χ2v) is 20.5. The maximum atomic E-state index is 14.2. The molecule has 54 heavy (non-hydrogen) atoms. The summed E-state index contributed by atoms with van der Waals surface area (Å²) in [7, 11) is 0. The number of carboxylic acid groups (broad SMARTS) is 1. The van der Waals surface area contributed by atoms with E-state index in [1.807, 2.05) is 12.1 Å². The zero-order valence-electron chi connectivity index (χ0n) is 34.7. The maximum absolute atomic E-state index is 14.2. The molecule has 1 aromatic heterocycles. The first-order chi connectivity index (χ1) is 25.2. The summed E-state index contributed by atoms with van der Waals surface area (Å²) in [5.41, 5.74) is 7.59. The number of carbonyl (C=O) groups excluding carboxylic acids is 2. The Morgan fingerprint density at radius 3 is 2.30 bits per heavy atom. The van der Waals surface area contributed by atoms with Crippen molar-refractivity contribution < 1.29 is 29.3 Å². The minimum Gasteiger partial charge on any atom is -0.481 e. The predicted molar refractivity (Wildman–Crippen MR) is 210 cm³/mol. The fraction of sp³-hybridized carbons (Fsp3) is 0.778. The van der Waals surface area contributed by atoms with Crippen LogP contribution in [-0.4, -0.2) is 69.7 Å². The molecule has 5 aliphatic carbocycles. The van der Waals surface area contributed by atoms with Crippen LogP contribution in [0.25, 0.3) is 0 Å². The highest BCUT2D eigenvalue weighted by molar-refractivity contribution is 6.00. The monoisotopic (exact) mass is 748 g/mol. The van der Waals surface area contributed by atoms with Gasteiger partial charge in [0, 0.05) is 55.8 Å². The molecule has 1 heterocycles. The van der Waals surface area contributed by atoms with Crippen LogP contribution in [0.4, 0.5) is 0 Å². The van der Waals surface area contributed by atoms with Gasteiger partial charge in [-0.25, -0.2) is 0 Å². The van der Waals surface area contributed by atoms with Crippen LogP contribution in [0.3, 0.4) is 0 Å². The number of hydrogen-bond acceptors (Lipinski definition) is 8. The van der Waals surface area contributed by atoms with Gasteiger partial charge >= 0.3 is 11.9 Å². The minimum atomic E-state index is -1.17. The van der Waals surface area contributed by atoms with Crippen LogP contribution < -0.4 is 5.73 Å². The number of carboxylic acids is 1. The van der Waals surface area contributed by atoms with Crippen molar-refractivity contribution in [3.05, 3.63) is 41.2 Å². The average Bonchev–Trinajstić information content (AvgIpc) is 3.40. The number of ketones is 1. The smallest absolute Gasteiger partial charge is 0.309 e. The zero-order valence-corrected chi connectivity index (χ0v) is 34.7. The van der Waals surface area contributed by atoms with Crippen LogP contribution >= 0.6 is 0 Å². The molecule has 0 radical (unpaired) electrons. The highest BCUT2D eigenvalue weighted by atomic mass is 16.5. The lowest BCUT2D eigenvalue weighted by Crippen LogP contribution is -2.66. The molecule has 300 valence electrons. The number of aliphatic hydroxyl groups is 1. The lowest BCUT2D eigenvalue weighted by molar-refractivity contribution is -0.235. The van der Waals surface area contributed by atoms with Gasteiger partial charge in [-0.2, -0.15) is 0 Å². The van der Waals surface area contributed by atoms with Crippen LogP contribution in [-0.2, 0) is 25.7 Å². The van der Waals surface area contributed by atoms with E-state index >= 15 is 0 Å². The first-order valence-electron chi connectivity index (χ1n) is 20.9. The van der Waals surface area contributed by atoms with Gasteiger partial charge in [0.1, 0.15) is 6.10 Å². The third-order valence-electron chi connectivity index (χ3n) is 16.5. The van der Waals surface area contributed by atoms with Crippen molar-refractivity contribution in [1.82, 2.24) is 9.88 Å². The number of carbonyl (C=O) groups is 3. The Labute approximate surface area is 324 Å². The third kappa shape index (κ3) is 6.50. The van der Waals surface area contributed by atoms with Crippen molar-refractivity contribution in [2.75, 3.05) is 19.6 Å². The van der Waals surface area contributed by atoms with E-state index in [9.17, 15) is 24.6 Å². The average molecular weight is 748 g/mol. The Bertz CT molecular complexity index is 1640. The second-order valence-electron chi connectivity index (χ2n) is 20.5. The van der Waals surface area contributed by atoms with Crippen LogP contribution in [0.2, 0.25) is 0 Å². The molecule has 0 bridgehead atoms. The molecule has 9 atom stereocenters. The fourth-order valence-corrected chi connectivity index (χ4v) is 13.5. The molecule has 5 aliphatic rings. The van der Waals surface area contributed by atoms with E-state index in [1.54, 1.807) is 26.2 Å². The zero-order chi connectivity index (χ0) is 39.6. The van der Waals surface area contributed by atoms with Crippen molar-refractivity contribution in [3.8, 4) is 0 Å². The van der Waals surface area contributed by atoms with Gasteiger partial charge in [-0.15, -0.1) is 0 Å². The summed E-state index contributed by atoms with van der Waals surface area (Å²) in [6.45, 7) is 21.9. The Balaban J connectivity index is 1.29. The number of ether oxygens (including phenoxy) is 1. The van der Waals surface area contributed by atoms with E-state index < -0.39 is 28.9 Å². The number of rotatable bonds is 12. The van der Waals surface area contributed by atoms with E-state index in [4.69, 9.17) is 10.5 Å². The molecule has 0 spiro atoms. The highest BCUT2D eigenvalue weighted by Crippen LogP contribution is 2.77. The number of allylic oxidation sites excluding steroid dienone is 1. The van der Waals surface area contributed by atoms with Crippen LogP contribution in [0, 0.1) is 56.2 Å². The molecule has 1 aromatic rings. The summed E-state index contributed by atoms with van der Waals surface area (Å²) in [6, 6.07) is 4.03. The molecular formula is C45H69N3O6. The van der Waals surface area contributed by atoms with E-state index in [-0.39, 0.29) is 51.8 Å². The van der Waals surface area contributed by atoms with Crippen LogP contribution in [0.15, 0.2) is 35.7 Å². The Morgan fingerprint density at radius 2 is 1.67 bits per heavy atom. The normalized spacial score (nSPS) is 36.6. The lowest BCUT2D eigenvalue weighted by Gasteiger charge is -2.72. The van der Waals surface area contributed by atoms with Gasteiger partial charge in [-0.1, -0.05) is 54.0 Å². The van der Waals surface area contributed by atoms with Crippen LogP contribution in [0.5, 0.6) is 0 Å². The predicted octanol–water partition coefficient (Wildman–Crippen LogP) is 7.60. The Kier molecular flexibility index (Phi) is 10.9. The molecule has 0 aromatic carbocycles. The third-order valence-corrected chi connectivity index (χ3v) is 16.5. The molecule has 0 amide bonds. The van der Waals surface area contributed by atoms with Crippen molar-refractivity contribution >= 4 is 17.7 Å². The van der Waals surface area contributed by atoms with Crippen molar-refractivity contribution in [3.63, 3.8) is 0 Å². The molecule has 0 unspecified atom stereocenters. The quantitative estimate of drug-likeness (QED) is 0.184. The van der Waals surface area contributed by atoms with Crippen molar-refractivity contribution in [2.45, 2.75) is 145 Å². The number of aromatic nitrogens is 1. The number of Topliss-reactive ketones (excluding diaryl/α,β-unsaturated/α-hetero) is 1. The number of nitrogens with two attached hydrogens (primary N) is 1. The number of nitrogens with zero attached hydrogens (tertiary/aromatic N) is 2. The lowest BCUT2D eigenvalue weighted by atomic mass is 9.33. The molecule has 6 rings (SSSR count). The first kappa shape index (κ1) is 41.0. The van der Waals surface area contributed by atoms with E-state index in [1.165, 1.54) is 5.57 Å². The molecule has 9 heteroatoms. The molecule has 9 nitrogen and oxygen atoms in total. The summed E-state index contributed by atoms with van der Waals surface area (Å²) >= 11 is 0. The Hall–Kier alpha value is -2.62. The van der Waals surface area contributed by atoms with Gasteiger partial charge in [-0.05, 0) is 128 Å². The van der Waals surface area contributed by atoms with E-state index in [2.05, 4.69) is 58.4 Å². The van der Waals surface area contributed by atoms with Crippen molar-refractivity contribution in [2.24, 2.45) is 61.9 Å². The fourth-order valence-electron chi connectivity index (χ4n) is 13.5. The van der Waals surface area contributed by atoms with Gasteiger partial charge in [-0.3, -0.25) is 24.3 Å². The van der Waals surface area contributed by atoms with Gasteiger partial charge in [0.25, 0.3) is 0 Å². The maximum Gasteiger partial charge on any atom is 0.309 e. The Morgan fingerprint density at radius 1 is 0.981 bits per heavy atom. The number of esters is 1. The van der Waals surface area contributed by atoms with Gasteiger partial charge in [0.05, 0.1) is 17.9 Å². The summed E-state index contributed by atoms with van der Waals surface area (Å²) in [5.74, 6) is -0.0182. The second kappa shape index (κ2) is 14.4. The molecule has 0 aliphatic heterocycles. The number of aliphatic hydroxyl groups excluding tert-OH is 1. The summed E-state index contributed by atoms with van der Waals surface area (Å²) in [4.78, 5) is 45.5. The molecular weight excluding hydrogens is 679 g/mol. The molecule has 4 saturated carbocycles. The number of aliphatic carboxylic acids is 1. The van der Waals surface area contributed by atoms with Gasteiger partial charge in [0.15, 0.2) is 5.78 Å². The van der Waals surface area contributed by atoms with E-state index in [0.717, 1.165) is 62.5 Å². The standard InChI is InChI=1S/C45H69N3O6/c1-28(2)37-31(49)24-45(34(50)27-48(23-20-46)26-29-14-21-47-22-15-29)19-18-43(8)30(38(37)45)10-11-33-42(7)16-13-35(54-36(51)25-40(3,4)39(52)53)41(5,6)32(42)12-17-44(33,43)9/h14-15,21-22,28,30,32-35,50H,10-13,16-20,23-27,46H2,1-9H3,(H,52,53)/t30-,32+,33-,34+,35+,42+,43-,44-,45+/m1/s1. The molecule has 0 saturated heterocycles. The number of fused-ring (bicyclic) bond motifs is 7. The van der Waals surface area contributed by atoms with Crippen molar-refractivity contribution in [1.29, 1.82) is 0 Å². The largest absolute Gasteiger partial charge is 0.481 e. The molecule has 4 N–H and O–H groups in total. The molecule has 4 fully saturated rings. The van der Waals surface area contributed by atoms with Gasteiger partial charge < -0.3 is 20.7 Å². The topological polar surface area (TPSA) is 143 Å². The summed E-state index contributed by atoms with van der Waals surface area (Å²) < 4.78 is 6.18. The SMILES string of the molecule is CC(C)C1=C2[C@H]3CC[C@@H]4[C@@]5(C)CC[C@H](OC(=O)CC(C)(C)C(=O)O)C(C)(C)[C@@H]5CC[C@@]4(C)[C@]3(C)CC[C@@]2([C@@H](O)CN(CCN)Cc2ccncc2)CC1=O. The van der Waals surface area contributed by atoms with Crippen LogP contribution in [0.1, 0.15) is 132 Å². The summed E-state index contributed by atoms with van der Waals surface area (Å²) in [6.07, 6.45) is 10.7. The van der Waals surface area contributed by atoms with E-state index in [0.29, 0.717) is 44.4 Å². The minimum absolute atomic E-state index is 0.0307. The number of hydrogen-bond donors (Lipinski definition) is 3. The van der Waals surface area contributed by atoms with Gasteiger partial charge in [0.2, 0.25) is 0 Å². The number of pyridine rings is 1. The summed E-state index contributed by atoms with van der Waals surface area (Å²) in [5, 5.41) is 22.1.